The van der Waals surface area contributed by atoms with Crippen LogP contribution in [0.15, 0.2) is 29.2 Å². The number of morpholine rings is 1. The first kappa shape index (κ1) is 18.9. The van der Waals surface area contributed by atoms with Crippen LogP contribution in [0, 0.1) is 0 Å². The Balaban J connectivity index is 1.69. The van der Waals surface area contributed by atoms with E-state index in [2.05, 4.69) is 14.9 Å². The Bertz CT molecular complexity index is 625. The van der Waals surface area contributed by atoms with Crippen molar-refractivity contribution in [2.75, 3.05) is 46.4 Å². The fourth-order valence-corrected chi connectivity index (χ4v) is 3.21. The summed E-state index contributed by atoms with van der Waals surface area (Å²) in [6, 6.07) is 6.59. The minimum Gasteiger partial charge on any atom is -0.379 e. The molecule has 0 aromatic heterocycles. The Hall–Kier alpha value is -1.48. The summed E-state index contributed by atoms with van der Waals surface area (Å²) in [4.78, 5) is 14.4. The van der Waals surface area contributed by atoms with Crippen molar-refractivity contribution in [3.8, 4) is 0 Å². The lowest BCUT2D eigenvalue weighted by Crippen LogP contribution is -2.41. The first-order chi connectivity index (χ1) is 11.5. The Morgan fingerprint density at radius 1 is 1.21 bits per heavy atom. The van der Waals surface area contributed by atoms with E-state index < -0.39 is 10.0 Å². The number of nitrogens with one attached hydrogen (secondary N) is 2. The van der Waals surface area contributed by atoms with Crippen molar-refractivity contribution in [2.45, 2.75) is 17.7 Å². The van der Waals surface area contributed by atoms with E-state index in [1.165, 1.54) is 7.05 Å². The number of hydrogen-bond donors (Lipinski definition) is 2. The second-order valence-corrected chi connectivity index (χ2v) is 7.54. The van der Waals surface area contributed by atoms with Gasteiger partial charge in [0.05, 0.1) is 18.1 Å². The van der Waals surface area contributed by atoms with Crippen molar-refractivity contribution in [1.82, 2.24) is 14.9 Å². The molecule has 2 N–H and O–H groups in total. The van der Waals surface area contributed by atoms with E-state index in [0.29, 0.717) is 19.4 Å². The van der Waals surface area contributed by atoms with E-state index in [-0.39, 0.29) is 10.8 Å². The predicted octanol–water partition coefficient (Wildman–Crippen LogP) is -0.0243. The zero-order valence-corrected chi connectivity index (χ0v) is 14.8. The number of hydrogen-bond acceptors (Lipinski definition) is 5. The summed E-state index contributed by atoms with van der Waals surface area (Å²) in [5.74, 6) is 0.00943. The van der Waals surface area contributed by atoms with Gasteiger partial charge in [-0.25, -0.2) is 13.1 Å². The molecule has 134 valence electrons. The van der Waals surface area contributed by atoms with Crippen LogP contribution in [0.25, 0.3) is 0 Å². The highest BCUT2D eigenvalue weighted by molar-refractivity contribution is 7.89. The van der Waals surface area contributed by atoms with Crippen LogP contribution in [-0.4, -0.2) is 65.7 Å². The van der Waals surface area contributed by atoms with Gasteiger partial charge in [-0.2, -0.15) is 0 Å². The van der Waals surface area contributed by atoms with E-state index in [0.717, 1.165) is 38.4 Å². The van der Waals surface area contributed by atoms with E-state index in [1.54, 1.807) is 24.3 Å². The number of carbonyl (C=O) groups excluding carboxylic acids is 1. The summed E-state index contributed by atoms with van der Waals surface area (Å²) in [6.45, 7) is 4.82. The van der Waals surface area contributed by atoms with Crippen molar-refractivity contribution >= 4 is 15.9 Å². The summed E-state index contributed by atoms with van der Waals surface area (Å²) < 4.78 is 30.8. The lowest BCUT2D eigenvalue weighted by atomic mass is 10.1. The molecule has 1 aromatic rings. The van der Waals surface area contributed by atoms with Crippen LogP contribution in [0.5, 0.6) is 0 Å². The second-order valence-electron chi connectivity index (χ2n) is 5.66. The topological polar surface area (TPSA) is 87.7 Å². The van der Waals surface area contributed by atoms with E-state index in [9.17, 15) is 13.2 Å². The van der Waals surface area contributed by atoms with Gasteiger partial charge < -0.3 is 10.1 Å². The Labute approximate surface area is 143 Å². The SMILES string of the molecule is CNS(=O)(=O)c1ccc(CCC(=O)NCCN2CCOCC2)cc1. The smallest absolute Gasteiger partial charge is 0.240 e. The van der Waals surface area contributed by atoms with Crippen molar-refractivity contribution < 1.29 is 17.9 Å². The minimum absolute atomic E-state index is 0.00943. The molecule has 1 fully saturated rings. The number of nitrogens with zero attached hydrogens (tertiary/aromatic N) is 1. The number of amides is 1. The predicted molar refractivity (Wildman–Crippen MR) is 91.3 cm³/mol. The molecule has 0 radical (unpaired) electrons. The zero-order valence-electron chi connectivity index (χ0n) is 14.0. The lowest BCUT2D eigenvalue weighted by molar-refractivity contribution is -0.121. The van der Waals surface area contributed by atoms with Crippen LogP contribution in [-0.2, 0) is 26.0 Å². The molecular weight excluding hydrogens is 330 g/mol. The molecule has 0 bridgehead atoms. The maximum Gasteiger partial charge on any atom is 0.240 e. The standard InChI is InChI=1S/C16H25N3O4S/c1-17-24(21,22)15-5-2-14(3-6-15)4-7-16(20)18-8-9-19-10-12-23-13-11-19/h2-3,5-6,17H,4,7-13H2,1H3,(H,18,20). The van der Waals surface area contributed by atoms with Gasteiger partial charge in [-0.15, -0.1) is 0 Å². The van der Waals surface area contributed by atoms with Crippen molar-refractivity contribution in [3.63, 3.8) is 0 Å². The number of sulfonamides is 1. The highest BCUT2D eigenvalue weighted by Gasteiger charge is 2.12. The molecule has 1 heterocycles. The van der Waals surface area contributed by atoms with Crippen LogP contribution in [0.3, 0.4) is 0 Å². The number of rotatable bonds is 8. The third kappa shape index (κ3) is 5.86. The molecule has 8 heteroatoms. The van der Waals surface area contributed by atoms with Crippen molar-refractivity contribution in [2.24, 2.45) is 0 Å². The molecule has 0 unspecified atom stereocenters. The van der Waals surface area contributed by atoms with Gasteiger partial charge in [0, 0.05) is 32.6 Å². The number of ether oxygens (including phenoxy) is 1. The maximum atomic E-state index is 11.9. The first-order valence-electron chi connectivity index (χ1n) is 8.10. The van der Waals surface area contributed by atoms with E-state index in [1.807, 2.05) is 0 Å². The molecule has 7 nitrogen and oxygen atoms in total. The van der Waals surface area contributed by atoms with Gasteiger partial charge in [-0.05, 0) is 31.2 Å². The van der Waals surface area contributed by atoms with E-state index in [4.69, 9.17) is 4.74 Å². The summed E-state index contributed by atoms with van der Waals surface area (Å²) >= 11 is 0. The highest BCUT2D eigenvalue weighted by Crippen LogP contribution is 2.11. The number of benzene rings is 1. The van der Waals surface area contributed by atoms with Crippen molar-refractivity contribution in [1.29, 1.82) is 0 Å². The van der Waals surface area contributed by atoms with Gasteiger partial charge in [0.15, 0.2) is 0 Å². The molecule has 1 aromatic carbocycles. The maximum absolute atomic E-state index is 11.9. The second kappa shape index (κ2) is 9.12. The molecular formula is C16H25N3O4S. The molecule has 1 amide bonds. The minimum atomic E-state index is -3.41. The molecule has 0 spiro atoms. The fourth-order valence-electron chi connectivity index (χ4n) is 2.48. The largest absolute Gasteiger partial charge is 0.379 e. The molecule has 2 rings (SSSR count). The summed E-state index contributed by atoms with van der Waals surface area (Å²) in [7, 11) is -2.03. The van der Waals surface area contributed by atoms with Crippen LogP contribution in [0.2, 0.25) is 0 Å². The normalized spacial score (nSPS) is 16.0. The van der Waals surface area contributed by atoms with Crippen LogP contribution in [0.1, 0.15) is 12.0 Å². The highest BCUT2D eigenvalue weighted by atomic mass is 32.2. The Morgan fingerprint density at radius 3 is 2.50 bits per heavy atom. The third-order valence-corrected chi connectivity index (χ3v) is 5.43. The Kier molecular flexibility index (Phi) is 7.16. The van der Waals surface area contributed by atoms with Gasteiger partial charge in [0.1, 0.15) is 0 Å². The van der Waals surface area contributed by atoms with Gasteiger partial charge >= 0.3 is 0 Å². The van der Waals surface area contributed by atoms with Crippen LogP contribution < -0.4 is 10.0 Å². The van der Waals surface area contributed by atoms with Gasteiger partial charge in [-0.1, -0.05) is 12.1 Å². The van der Waals surface area contributed by atoms with Gasteiger partial charge in [0.2, 0.25) is 15.9 Å². The van der Waals surface area contributed by atoms with Crippen LogP contribution >= 0.6 is 0 Å². The van der Waals surface area contributed by atoms with Gasteiger partial charge in [0.25, 0.3) is 0 Å². The van der Waals surface area contributed by atoms with E-state index >= 15 is 0 Å². The molecule has 1 aliphatic heterocycles. The summed E-state index contributed by atoms with van der Waals surface area (Å²) in [5.41, 5.74) is 0.938. The van der Waals surface area contributed by atoms with Crippen molar-refractivity contribution in [3.05, 3.63) is 29.8 Å². The molecule has 0 aliphatic carbocycles. The Morgan fingerprint density at radius 2 is 1.88 bits per heavy atom. The average Bonchev–Trinajstić information content (AvgIpc) is 2.61. The summed E-state index contributed by atoms with van der Waals surface area (Å²) in [6.07, 6.45) is 0.977. The monoisotopic (exact) mass is 355 g/mol. The molecule has 24 heavy (non-hydrogen) atoms. The number of aryl methyl sites for hydroxylation is 1. The molecule has 1 saturated heterocycles. The third-order valence-electron chi connectivity index (χ3n) is 4.00. The fraction of sp³-hybridized carbons (Fsp3) is 0.562. The first-order valence-corrected chi connectivity index (χ1v) is 9.59. The lowest BCUT2D eigenvalue weighted by Gasteiger charge is -2.26. The molecule has 0 atom stereocenters. The van der Waals surface area contributed by atoms with Gasteiger partial charge in [-0.3, -0.25) is 9.69 Å². The molecule has 1 aliphatic rings. The number of carbonyl (C=O) groups is 1. The zero-order chi connectivity index (χ0) is 17.4. The van der Waals surface area contributed by atoms with Crippen LogP contribution in [0.4, 0.5) is 0 Å². The summed E-state index contributed by atoms with van der Waals surface area (Å²) in [5, 5.41) is 2.92. The molecule has 0 saturated carbocycles. The quantitative estimate of drug-likeness (QED) is 0.684. The average molecular weight is 355 g/mol.